The molecule has 1 aromatic carbocycles. The van der Waals surface area contributed by atoms with Crippen LogP contribution in [0.2, 0.25) is 0 Å². The Labute approximate surface area is 123 Å². The number of anilines is 1. The number of carbonyl (C=O) groups excluding carboxylic acids is 1. The van der Waals surface area contributed by atoms with Gasteiger partial charge < -0.3 is 11.1 Å². The van der Waals surface area contributed by atoms with Gasteiger partial charge in [-0.1, -0.05) is 6.07 Å². The fourth-order valence-electron chi connectivity index (χ4n) is 2.46. The highest BCUT2D eigenvalue weighted by atomic mass is 32.2. The van der Waals surface area contributed by atoms with E-state index >= 15 is 0 Å². The Morgan fingerprint density at radius 2 is 2.19 bits per heavy atom. The van der Waals surface area contributed by atoms with Crippen LogP contribution in [0.5, 0.6) is 0 Å². The van der Waals surface area contributed by atoms with Crippen molar-refractivity contribution >= 4 is 21.6 Å². The van der Waals surface area contributed by atoms with Gasteiger partial charge in [0.2, 0.25) is 15.9 Å². The van der Waals surface area contributed by atoms with Gasteiger partial charge in [-0.25, -0.2) is 12.8 Å². The summed E-state index contributed by atoms with van der Waals surface area (Å²) in [6.45, 7) is 0.379. The first-order valence-corrected chi connectivity index (χ1v) is 8.07. The average Bonchev–Trinajstić information content (AvgIpc) is 2.49. The molecule has 116 valence electrons. The summed E-state index contributed by atoms with van der Waals surface area (Å²) in [5.74, 6) is -1.36. The smallest absolute Gasteiger partial charge is 0.245 e. The van der Waals surface area contributed by atoms with E-state index in [1.807, 2.05) is 0 Å². The molecule has 1 fully saturated rings. The molecule has 3 N–H and O–H groups in total. The first-order valence-electron chi connectivity index (χ1n) is 6.63. The molecule has 1 aromatic rings. The van der Waals surface area contributed by atoms with Gasteiger partial charge >= 0.3 is 0 Å². The molecule has 21 heavy (non-hydrogen) atoms. The number of nitrogens with zero attached hydrogens (tertiary/aromatic N) is 1. The van der Waals surface area contributed by atoms with Crippen molar-refractivity contribution in [3.63, 3.8) is 0 Å². The van der Waals surface area contributed by atoms with Crippen LogP contribution in [0.4, 0.5) is 10.1 Å². The van der Waals surface area contributed by atoms with Gasteiger partial charge in [-0.3, -0.25) is 4.79 Å². The van der Waals surface area contributed by atoms with Crippen LogP contribution >= 0.6 is 0 Å². The van der Waals surface area contributed by atoms with Crippen molar-refractivity contribution < 1.29 is 17.6 Å². The lowest BCUT2D eigenvalue weighted by molar-refractivity contribution is -0.125. The number of para-hydroxylation sites is 1. The molecular weight excluding hydrogens is 297 g/mol. The number of halogens is 1. The van der Waals surface area contributed by atoms with Gasteiger partial charge in [-0.2, -0.15) is 4.31 Å². The van der Waals surface area contributed by atoms with E-state index in [0.717, 1.165) is 6.07 Å². The van der Waals surface area contributed by atoms with Gasteiger partial charge in [0.15, 0.2) is 0 Å². The lowest BCUT2D eigenvalue weighted by Crippen LogP contribution is -2.44. The van der Waals surface area contributed by atoms with Crippen LogP contribution in [-0.4, -0.2) is 38.8 Å². The van der Waals surface area contributed by atoms with Crippen molar-refractivity contribution in [3.8, 4) is 0 Å². The number of hydrogen-bond acceptors (Lipinski definition) is 4. The monoisotopic (exact) mass is 315 g/mol. The maximum absolute atomic E-state index is 13.5. The Balaban J connectivity index is 2.31. The minimum atomic E-state index is -3.90. The second-order valence-electron chi connectivity index (χ2n) is 4.97. The molecule has 0 aromatic heterocycles. The molecule has 0 radical (unpaired) electrons. The molecule has 0 saturated carbocycles. The maximum Gasteiger partial charge on any atom is 0.245 e. The largest absolute Gasteiger partial charge is 0.395 e. The minimum Gasteiger partial charge on any atom is -0.395 e. The van der Waals surface area contributed by atoms with Gasteiger partial charge in [0.25, 0.3) is 0 Å². The summed E-state index contributed by atoms with van der Waals surface area (Å²) in [7, 11) is -2.39. The Hall–Kier alpha value is -1.67. The van der Waals surface area contributed by atoms with E-state index < -0.39 is 21.8 Å². The lowest BCUT2D eigenvalue weighted by atomic mass is 9.99. The molecule has 0 spiro atoms. The van der Waals surface area contributed by atoms with Gasteiger partial charge in [0, 0.05) is 20.1 Å². The summed E-state index contributed by atoms with van der Waals surface area (Å²) in [5, 5.41) is 2.52. The number of nitrogens with one attached hydrogen (secondary N) is 1. The molecule has 1 aliphatic heterocycles. The van der Waals surface area contributed by atoms with Gasteiger partial charge in [-0.15, -0.1) is 0 Å². The van der Waals surface area contributed by atoms with Crippen LogP contribution in [0, 0.1) is 11.7 Å². The quantitative estimate of drug-likeness (QED) is 0.797. The van der Waals surface area contributed by atoms with Crippen molar-refractivity contribution in [2.24, 2.45) is 5.92 Å². The van der Waals surface area contributed by atoms with Crippen molar-refractivity contribution in [1.29, 1.82) is 0 Å². The second-order valence-corrected chi connectivity index (χ2v) is 6.87. The zero-order chi connectivity index (χ0) is 15.6. The molecule has 1 amide bonds. The fourth-order valence-corrected chi connectivity index (χ4v) is 4.11. The van der Waals surface area contributed by atoms with Crippen molar-refractivity contribution in [2.75, 3.05) is 25.9 Å². The lowest BCUT2D eigenvalue weighted by Gasteiger charge is -2.31. The van der Waals surface area contributed by atoms with Crippen molar-refractivity contribution in [1.82, 2.24) is 9.62 Å². The zero-order valence-electron chi connectivity index (χ0n) is 11.7. The fraction of sp³-hybridized carbons (Fsp3) is 0.462. The molecule has 2 rings (SSSR count). The molecule has 1 atom stereocenters. The van der Waals surface area contributed by atoms with E-state index in [1.165, 1.54) is 23.5 Å². The standard InChI is InChI=1S/C13H18FN3O3S/c1-16-13(18)9-4-3-7-17(8-9)21(19,20)11-6-2-5-10(14)12(11)15/h2,5-6,9H,3-4,7-8,15H2,1H3,(H,16,18). The van der Waals surface area contributed by atoms with Crippen LogP contribution in [0.1, 0.15) is 12.8 Å². The molecule has 1 aliphatic rings. The van der Waals surface area contributed by atoms with E-state index in [0.29, 0.717) is 19.4 Å². The summed E-state index contributed by atoms with van der Waals surface area (Å²) in [6, 6.07) is 3.69. The molecule has 8 heteroatoms. The molecular formula is C13H18FN3O3S. The van der Waals surface area contributed by atoms with Crippen LogP contribution in [0.15, 0.2) is 23.1 Å². The number of sulfonamides is 1. The van der Waals surface area contributed by atoms with E-state index in [-0.39, 0.29) is 23.0 Å². The number of amides is 1. The first kappa shape index (κ1) is 15.7. The minimum absolute atomic E-state index is 0.0813. The number of nitrogens with two attached hydrogens (primary N) is 1. The molecule has 6 nitrogen and oxygen atoms in total. The summed E-state index contributed by atoms with van der Waals surface area (Å²) < 4.78 is 39.8. The van der Waals surface area contributed by atoms with Gasteiger partial charge in [0.05, 0.1) is 11.6 Å². The number of piperidine rings is 1. The van der Waals surface area contributed by atoms with Crippen LogP contribution in [0.3, 0.4) is 0 Å². The number of nitrogen functional groups attached to an aromatic ring is 1. The van der Waals surface area contributed by atoms with E-state index in [9.17, 15) is 17.6 Å². The predicted octanol–water partition coefficient (Wildman–Crippen LogP) is 0.555. The zero-order valence-corrected chi connectivity index (χ0v) is 12.5. The summed E-state index contributed by atoms with van der Waals surface area (Å²) in [6.07, 6.45) is 1.21. The first-order chi connectivity index (χ1) is 9.87. The van der Waals surface area contributed by atoms with Gasteiger partial charge in [0.1, 0.15) is 10.7 Å². The highest BCUT2D eigenvalue weighted by Gasteiger charge is 2.34. The summed E-state index contributed by atoms with van der Waals surface area (Å²) in [5.41, 5.74) is 5.15. The number of benzene rings is 1. The highest BCUT2D eigenvalue weighted by molar-refractivity contribution is 7.89. The average molecular weight is 315 g/mol. The summed E-state index contributed by atoms with van der Waals surface area (Å²) in [4.78, 5) is 11.4. The summed E-state index contributed by atoms with van der Waals surface area (Å²) >= 11 is 0. The van der Waals surface area contributed by atoms with Gasteiger partial charge in [-0.05, 0) is 25.0 Å². The highest BCUT2D eigenvalue weighted by Crippen LogP contribution is 2.28. The third kappa shape index (κ3) is 3.01. The normalized spacial score (nSPS) is 20.2. The van der Waals surface area contributed by atoms with E-state index in [1.54, 1.807) is 0 Å². The van der Waals surface area contributed by atoms with Crippen molar-refractivity contribution in [2.45, 2.75) is 17.7 Å². The Morgan fingerprint density at radius 3 is 2.86 bits per heavy atom. The topological polar surface area (TPSA) is 92.5 Å². The number of hydrogen-bond donors (Lipinski definition) is 2. The third-order valence-electron chi connectivity index (χ3n) is 3.63. The Morgan fingerprint density at radius 1 is 1.48 bits per heavy atom. The van der Waals surface area contributed by atoms with Crippen LogP contribution in [0.25, 0.3) is 0 Å². The molecule has 0 aliphatic carbocycles. The third-order valence-corrected chi connectivity index (χ3v) is 5.56. The van der Waals surface area contributed by atoms with Crippen molar-refractivity contribution in [3.05, 3.63) is 24.0 Å². The SMILES string of the molecule is CNC(=O)C1CCCN(S(=O)(=O)c2cccc(F)c2N)C1. The molecule has 1 unspecified atom stereocenters. The molecule has 1 heterocycles. The van der Waals surface area contributed by atoms with E-state index in [2.05, 4.69) is 5.32 Å². The molecule has 1 saturated heterocycles. The molecule has 0 bridgehead atoms. The number of carbonyl (C=O) groups is 1. The van der Waals surface area contributed by atoms with Crippen LogP contribution < -0.4 is 11.1 Å². The predicted molar refractivity (Wildman–Crippen MR) is 76.4 cm³/mol. The second kappa shape index (κ2) is 5.98. The van der Waals surface area contributed by atoms with E-state index in [4.69, 9.17) is 5.73 Å². The Bertz CT molecular complexity index is 648. The number of rotatable bonds is 3. The Kier molecular flexibility index (Phi) is 4.48. The maximum atomic E-state index is 13.5. The van der Waals surface area contributed by atoms with Crippen LogP contribution in [-0.2, 0) is 14.8 Å².